The number of hydrogen-bond donors (Lipinski definition) is 1. The molecule has 0 aliphatic carbocycles. The van der Waals surface area contributed by atoms with Crippen LogP contribution in [0, 0.1) is 5.82 Å². The van der Waals surface area contributed by atoms with Crippen LogP contribution in [-0.2, 0) is 19.6 Å². The van der Waals surface area contributed by atoms with Gasteiger partial charge in [0, 0.05) is 18.7 Å². The summed E-state index contributed by atoms with van der Waals surface area (Å²) in [5.74, 6) is -1.46. The number of methoxy groups -OCH3 is 2. The minimum atomic E-state index is -3.88. The molecule has 1 fully saturated rings. The van der Waals surface area contributed by atoms with Gasteiger partial charge in [-0.1, -0.05) is 25.0 Å². The maximum absolute atomic E-state index is 13.4. The van der Waals surface area contributed by atoms with E-state index in [2.05, 4.69) is 5.32 Å². The van der Waals surface area contributed by atoms with Crippen LogP contribution in [0.4, 0.5) is 4.39 Å². The van der Waals surface area contributed by atoms with Crippen molar-refractivity contribution in [1.82, 2.24) is 9.62 Å². The third kappa shape index (κ3) is 6.12. The Bertz CT molecular complexity index is 1110. The highest BCUT2D eigenvalue weighted by Gasteiger charge is 2.29. The van der Waals surface area contributed by atoms with Crippen molar-refractivity contribution in [3.05, 3.63) is 59.4 Å². The van der Waals surface area contributed by atoms with Gasteiger partial charge in [0.1, 0.15) is 16.5 Å². The normalized spacial score (nSPS) is 15.7. The van der Waals surface area contributed by atoms with Crippen molar-refractivity contribution >= 4 is 21.9 Å². The van der Waals surface area contributed by atoms with Gasteiger partial charge in [-0.3, -0.25) is 9.59 Å². The highest BCUT2D eigenvalue weighted by molar-refractivity contribution is 7.89. The first-order chi connectivity index (χ1) is 16.3. The molecule has 1 heterocycles. The van der Waals surface area contributed by atoms with E-state index in [4.69, 9.17) is 9.47 Å². The molecule has 2 aromatic carbocycles. The van der Waals surface area contributed by atoms with Gasteiger partial charge in [0.05, 0.1) is 26.7 Å². The van der Waals surface area contributed by atoms with Crippen LogP contribution in [0.1, 0.15) is 54.1 Å². The quantitative estimate of drug-likeness (QED) is 0.567. The number of ether oxygens (including phenoxy) is 2. The van der Waals surface area contributed by atoms with E-state index >= 15 is 0 Å². The number of nitrogens with one attached hydrogen (secondary N) is 1. The summed E-state index contributed by atoms with van der Waals surface area (Å²) >= 11 is 0. The number of nitrogens with zero attached hydrogens (tertiary/aromatic N) is 1. The molecule has 1 unspecified atom stereocenters. The predicted molar refractivity (Wildman–Crippen MR) is 123 cm³/mol. The number of benzene rings is 2. The molecule has 0 aromatic heterocycles. The summed E-state index contributed by atoms with van der Waals surface area (Å²) in [6.07, 6.45) is 3.30. The maximum Gasteiger partial charge on any atom is 0.307 e. The lowest BCUT2D eigenvalue weighted by molar-refractivity contribution is -0.141. The summed E-state index contributed by atoms with van der Waals surface area (Å²) in [6, 6.07) is 8.76. The Labute approximate surface area is 199 Å². The van der Waals surface area contributed by atoms with Crippen molar-refractivity contribution < 1.29 is 31.9 Å². The second-order valence-electron chi connectivity index (χ2n) is 8.04. The number of carbonyl (C=O) groups excluding carboxylic acids is 2. The third-order valence-corrected chi connectivity index (χ3v) is 7.70. The van der Waals surface area contributed by atoms with Gasteiger partial charge in [0.25, 0.3) is 5.91 Å². The molecule has 2 aromatic rings. The molecule has 184 valence electrons. The summed E-state index contributed by atoms with van der Waals surface area (Å²) in [5, 5.41) is 2.73. The van der Waals surface area contributed by atoms with E-state index < -0.39 is 33.8 Å². The van der Waals surface area contributed by atoms with Crippen molar-refractivity contribution in [2.45, 2.75) is 43.0 Å². The average molecular weight is 493 g/mol. The van der Waals surface area contributed by atoms with Crippen molar-refractivity contribution in [1.29, 1.82) is 0 Å². The molecular formula is C24H29FN2O6S. The van der Waals surface area contributed by atoms with Crippen LogP contribution in [0.15, 0.2) is 47.4 Å². The molecule has 1 saturated heterocycles. The predicted octanol–water partition coefficient (Wildman–Crippen LogP) is 3.43. The Morgan fingerprint density at radius 2 is 1.68 bits per heavy atom. The molecular weight excluding hydrogens is 463 g/mol. The summed E-state index contributed by atoms with van der Waals surface area (Å²) < 4.78 is 51.5. The first kappa shape index (κ1) is 25.6. The summed E-state index contributed by atoms with van der Waals surface area (Å²) in [6.45, 7) is 0.821. The molecule has 1 aliphatic rings. The summed E-state index contributed by atoms with van der Waals surface area (Å²) in [7, 11) is -1.28. The fourth-order valence-corrected chi connectivity index (χ4v) is 5.58. The number of carbonyl (C=O) groups is 2. The third-order valence-electron chi connectivity index (χ3n) is 5.78. The number of esters is 1. The van der Waals surface area contributed by atoms with Crippen LogP contribution >= 0.6 is 0 Å². The molecule has 0 radical (unpaired) electrons. The summed E-state index contributed by atoms with van der Waals surface area (Å²) in [4.78, 5) is 24.9. The fourth-order valence-electron chi connectivity index (χ4n) is 3.88. The lowest BCUT2D eigenvalue weighted by atomic mass is 10.0. The molecule has 0 spiro atoms. The molecule has 8 nitrogen and oxygen atoms in total. The number of hydrogen-bond acceptors (Lipinski definition) is 6. The Morgan fingerprint density at radius 1 is 1.03 bits per heavy atom. The van der Waals surface area contributed by atoms with E-state index in [1.54, 1.807) is 0 Å². The first-order valence-corrected chi connectivity index (χ1v) is 12.5. The largest absolute Gasteiger partial charge is 0.495 e. The highest BCUT2D eigenvalue weighted by atomic mass is 32.2. The van der Waals surface area contributed by atoms with Gasteiger partial charge in [-0.25, -0.2) is 12.8 Å². The second-order valence-corrected chi connectivity index (χ2v) is 9.95. The monoisotopic (exact) mass is 492 g/mol. The zero-order valence-corrected chi connectivity index (χ0v) is 20.1. The van der Waals surface area contributed by atoms with Gasteiger partial charge < -0.3 is 14.8 Å². The SMILES string of the molecule is COC(=O)CC(NC(=O)c1ccc(OC)c(S(=O)(=O)N2CCCCCC2)c1)c1ccc(F)cc1. The van der Waals surface area contributed by atoms with Gasteiger partial charge in [-0.05, 0) is 48.7 Å². The van der Waals surface area contributed by atoms with E-state index in [-0.39, 0.29) is 22.6 Å². The molecule has 3 rings (SSSR count). The van der Waals surface area contributed by atoms with Gasteiger partial charge in [-0.2, -0.15) is 4.31 Å². The molecule has 0 bridgehead atoms. The first-order valence-electron chi connectivity index (χ1n) is 11.1. The Kier molecular flexibility index (Phi) is 8.62. The van der Waals surface area contributed by atoms with Crippen LogP contribution < -0.4 is 10.1 Å². The Hall–Kier alpha value is -2.98. The zero-order valence-electron chi connectivity index (χ0n) is 19.3. The van der Waals surface area contributed by atoms with E-state index in [0.717, 1.165) is 25.7 Å². The van der Waals surface area contributed by atoms with Gasteiger partial charge >= 0.3 is 5.97 Å². The van der Waals surface area contributed by atoms with Crippen molar-refractivity contribution in [3.8, 4) is 5.75 Å². The second kappa shape index (κ2) is 11.4. The summed E-state index contributed by atoms with van der Waals surface area (Å²) in [5.41, 5.74) is 0.595. The Balaban J connectivity index is 1.91. The van der Waals surface area contributed by atoms with Crippen molar-refractivity contribution in [2.24, 2.45) is 0 Å². The van der Waals surface area contributed by atoms with Crippen molar-refractivity contribution in [3.63, 3.8) is 0 Å². The highest BCUT2D eigenvalue weighted by Crippen LogP contribution is 2.30. The minimum Gasteiger partial charge on any atom is -0.495 e. The van der Waals surface area contributed by atoms with Gasteiger partial charge in [-0.15, -0.1) is 0 Å². The van der Waals surface area contributed by atoms with Crippen LogP contribution in [-0.4, -0.2) is 51.9 Å². The Morgan fingerprint density at radius 3 is 2.26 bits per heavy atom. The molecule has 0 saturated carbocycles. The van der Waals surface area contributed by atoms with Gasteiger partial charge in [0.15, 0.2) is 0 Å². The molecule has 1 N–H and O–H groups in total. The van der Waals surface area contributed by atoms with E-state index in [0.29, 0.717) is 18.7 Å². The van der Waals surface area contributed by atoms with E-state index in [1.165, 1.54) is 61.0 Å². The van der Waals surface area contributed by atoms with E-state index in [1.807, 2.05) is 0 Å². The number of rotatable bonds is 8. The van der Waals surface area contributed by atoms with Crippen LogP contribution in [0.3, 0.4) is 0 Å². The molecule has 1 atom stereocenters. The smallest absolute Gasteiger partial charge is 0.307 e. The average Bonchev–Trinajstić information content (AvgIpc) is 3.14. The topological polar surface area (TPSA) is 102 Å². The molecule has 10 heteroatoms. The lowest BCUT2D eigenvalue weighted by Gasteiger charge is -2.22. The molecule has 1 amide bonds. The standard InChI is InChI=1S/C24H29FN2O6S/c1-32-21-12-9-18(15-22(21)34(30,31)27-13-5-3-4-6-14-27)24(29)26-20(16-23(28)33-2)17-7-10-19(25)11-8-17/h7-12,15,20H,3-6,13-14,16H2,1-2H3,(H,26,29). The van der Waals surface area contributed by atoms with Gasteiger partial charge in [0.2, 0.25) is 10.0 Å². The van der Waals surface area contributed by atoms with Crippen molar-refractivity contribution in [2.75, 3.05) is 27.3 Å². The maximum atomic E-state index is 13.4. The van der Waals surface area contributed by atoms with Crippen LogP contribution in [0.5, 0.6) is 5.75 Å². The number of sulfonamides is 1. The van der Waals surface area contributed by atoms with Crippen LogP contribution in [0.25, 0.3) is 0 Å². The zero-order chi connectivity index (χ0) is 24.7. The van der Waals surface area contributed by atoms with Crippen LogP contribution in [0.2, 0.25) is 0 Å². The van der Waals surface area contributed by atoms with E-state index in [9.17, 15) is 22.4 Å². The molecule has 1 aliphatic heterocycles. The molecule has 34 heavy (non-hydrogen) atoms. The minimum absolute atomic E-state index is 0.0872. The number of amides is 1. The lowest BCUT2D eigenvalue weighted by Crippen LogP contribution is -2.33. The fraction of sp³-hybridized carbons (Fsp3) is 0.417. The number of halogens is 1.